The average molecular weight is 599 g/mol. The number of carbonyl (C=O) groups is 2. The minimum Gasteiger partial charge on any atom is -0.493 e. The van der Waals surface area contributed by atoms with Gasteiger partial charge in [0, 0.05) is 36.1 Å². The van der Waals surface area contributed by atoms with Crippen molar-refractivity contribution in [3.05, 3.63) is 81.6 Å². The van der Waals surface area contributed by atoms with Gasteiger partial charge in [0.05, 0.1) is 33.1 Å². The van der Waals surface area contributed by atoms with Gasteiger partial charge in [0.25, 0.3) is 0 Å². The van der Waals surface area contributed by atoms with E-state index < -0.39 is 12.1 Å². The molecule has 1 aliphatic carbocycles. The summed E-state index contributed by atoms with van der Waals surface area (Å²) in [5, 5.41) is 10.2. The van der Waals surface area contributed by atoms with Crippen LogP contribution in [0.25, 0.3) is 22.0 Å². The van der Waals surface area contributed by atoms with Gasteiger partial charge in [-0.25, -0.2) is 0 Å². The van der Waals surface area contributed by atoms with Crippen LogP contribution in [-0.4, -0.2) is 50.7 Å². The van der Waals surface area contributed by atoms with E-state index in [2.05, 4.69) is 27.0 Å². The molecule has 1 aromatic heterocycles. The fourth-order valence-electron chi connectivity index (χ4n) is 5.94. The van der Waals surface area contributed by atoms with Gasteiger partial charge in [0.2, 0.25) is 23.0 Å². The van der Waals surface area contributed by atoms with Crippen molar-refractivity contribution in [2.75, 3.05) is 33.2 Å². The zero-order valence-electron chi connectivity index (χ0n) is 25.6. The predicted molar refractivity (Wildman–Crippen MR) is 171 cm³/mol. The highest BCUT2D eigenvalue weighted by Crippen LogP contribution is 2.50. The number of methoxy groups -OCH3 is 3. The lowest BCUT2D eigenvalue weighted by molar-refractivity contribution is -0.121. The van der Waals surface area contributed by atoms with Crippen molar-refractivity contribution in [1.82, 2.24) is 15.6 Å². The SMILES string of the molecule is COc1cc2c(c(OC)c1OC)-c1ccc(NC(C)C(=O)NCCc3c[nH]c4ccccc34)c(=O)cc1C(NC(C)=O)CC2. The molecule has 44 heavy (non-hydrogen) atoms. The second kappa shape index (κ2) is 13.1. The van der Waals surface area contributed by atoms with Crippen LogP contribution >= 0.6 is 0 Å². The third kappa shape index (κ3) is 6.06. The molecule has 2 unspecified atom stereocenters. The molecule has 1 heterocycles. The lowest BCUT2D eigenvalue weighted by Gasteiger charge is -2.19. The van der Waals surface area contributed by atoms with E-state index in [1.807, 2.05) is 36.5 Å². The van der Waals surface area contributed by atoms with Crippen LogP contribution in [0.3, 0.4) is 0 Å². The second-order valence-corrected chi connectivity index (χ2v) is 10.9. The summed E-state index contributed by atoms with van der Waals surface area (Å²) < 4.78 is 17.1. The summed E-state index contributed by atoms with van der Waals surface area (Å²) in [6.07, 6.45) is 3.79. The minimum atomic E-state index is -0.676. The van der Waals surface area contributed by atoms with Crippen LogP contribution in [0.4, 0.5) is 5.69 Å². The molecule has 4 N–H and O–H groups in total. The first-order valence-corrected chi connectivity index (χ1v) is 14.6. The number of para-hydroxylation sites is 1. The Morgan fingerprint density at radius 2 is 1.80 bits per heavy atom. The smallest absolute Gasteiger partial charge is 0.242 e. The first-order valence-electron chi connectivity index (χ1n) is 14.6. The van der Waals surface area contributed by atoms with Gasteiger partial charge in [-0.15, -0.1) is 0 Å². The predicted octanol–water partition coefficient (Wildman–Crippen LogP) is 4.50. The Kier molecular flexibility index (Phi) is 9.08. The highest BCUT2D eigenvalue weighted by Gasteiger charge is 2.29. The van der Waals surface area contributed by atoms with Crippen molar-refractivity contribution in [3.8, 4) is 28.4 Å². The first-order chi connectivity index (χ1) is 21.2. The van der Waals surface area contributed by atoms with Gasteiger partial charge < -0.3 is 35.1 Å². The lowest BCUT2D eigenvalue weighted by Crippen LogP contribution is -2.39. The number of rotatable bonds is 10. The number of hydrogen-bond acceptors (Lipinski definition) is 7. The van der Waals surface area contributed by atoms with Crippen molar-refractivity contribution in [2.24, 2.45) is 0 Å². The average Bonchev–Trinajstić information content (AvgIpc) is 3.29. The number of anilines is 1. The molecule has 10 nitrogen and oxygen atoms in total. The molecule has 0 bridgehead atoms. The number of H-pyrrole nitrogens is 1. The molecule has 0 saturated heterocycles. The van der Waals surface area contributed by atoms with Gasteiger partial charge in [-0.1, -0.05) is 24.3 Å². The van der Waals surface area contributed by atoms with Crippen molar-refractivity contribution in [2.45, 2.75) is 45.2 Å². The van der Waals surface area contributed by atoms with Crippen LogP contribution in [0, 0.1) is 0 Å². The number of aromatic nitrogens is 1. The largest absolute Gasteiger partial charge is 0.493 e. The number of fused-ring (bicyclic) bond motifs is 4. The molecule has 0 saturated carbocycles. The van der Waals surface area contributed by atoms with Crippen molar-refractivity contribution in [1.29, 1.82) is 0 Å². The summed E-state index contributed by atoms with van der Waals surface area (Å²) in [5.41, 5.74) is 5.21. The van der Waals surface area contributed by atoms with Crippen LogP contribution in [0.15, 0.2) is 59.5 Å². The van der Waals surface area contributed by atoms with Crippen molar-refractivity contribution < 1.29 is 23.8 Å². The minimum absolute atomic E-state index is 0.204. The second-order valence-electron chi connectivity index (χ2n) is 10.9. The zero-order chi connectivity index (χ0) is 31.4. The summed E-state index contributed by atoms with van der Waals surface area (Å²) in [6.45, 7) is 3.62. The van der Waals surface area contributed by atoms with E-state index in [4.69, 9.17) is 14.2 Å². The number of hydrogen-bond donors (Lipinski definition) is 4. The Hall–Kier alpha value is -4.99. The molecule has 0 spiro atoms. The topological polar surface area (TPSA) is 131 Å². The molecule has 0 aliphatic heterocycles. The van der Waals surface area contributed by atoms with Crippen LogP contribution in [0.5, 0.6) is 17.2 Å². The fraction of sp³-hybridized carbons (Fsp3) is 0.324. The molecule has 2 atom stereocenters. The Balaban J connectivity index is 1.44. The number of amides is 2. The molecular weight excluding hydrogens is 560 g/mol. The first kappa shape index (κ1) is 30.5. The summed E-state index contributed by atoms with van der Waals surface area (Å²) in [7, 11) is 4.66. The molecule has 230 valence electrons. The third-order valence-electron chi connectivity index (χ3n) is 8.05. The molecule has 2 amide bonds. The van der Waals surface area contributed by atoms with Gasteiger partial charge in [-0.3, -0.25) is 14.4 Å². The van der Waals surface area contributed by atoms with Gasteiger partial charge in [-0.2, -0.15) is 0 Å². The molecule has 4 aromatic rings. The monoisotopic (exact) mass is 598 g/mol. The maximum atomic E-state index is 13.6. The van der Waals surface area contributed by atoms with E-state index in [1.165, 1.54) is 13.0 Å². The van der Waals surface area contributed by atoms with Crippen LogP contribution in [0.1, 0.15) is 43.0 Å². The summed E-state index contributed by atoms with van der Waals surface area (Å²) in [4.78, 5) is 42.0. The summed E-state index contributed by atoms with van der Waals surface area (Å²) >= 11 is 0. The van der Waals surface area contributed by atoms with Crippen LogP contribution in [0.2, 0.25) is 0 Å². The molecule has 10 heteroatoms. The van der Waals surface area contributed by atoms with E-state index in [0.717, 1.165) is 33.2 Å². The third-order valence-corrected chi connectivity index (χ3v) is 8.05. The van der Waals surface area contributed by atoms with Gasteiger partial charge in [0.1, 0.15) is 6.04 Å². The van der Waals surface area contributed by atoms with Gasteiger partial charge >= 0.3 is 0 Å². The molecule has 5 rings (SSSR count). The van der Waals surface area contributed by atoms with E-state index in [1.54, 1.807) is 34.3 Å². The quantitative estimate of drug-likeness (QED) is 0.211. The van der Waals surface area contributed by atoms with E-state index in [0.29, 0.717) is 48.6 Å². The summed E-state index contributed by atoms with van der Waals surface area (Å²) in [6, 6.07) is 13.9. The molecular formula is C34H38N4O6. The Morgan fingerprint density at radius 1 is 1.02 bits per heavy atom. The Morgan fingerprint density at radius 3 is 2.52 bits per heavy atom. The zero-order valence-corrected chi connectivity index (χ0v) is 25.6. The number of carbonyl (C=O) groups excluding carboxylic acids is 2. The molecule has 0 radical (unpaired) electrons. The fourth-order valence-corrected chi connectivity index (χ4v) is 5.94. The standard InChI is InChI=1S/C34H38N4O6/c1-19(34(41)35-15-14-22-18-36-26-9-7-6-8-23(22)26)37-28-13-11-24-25(17-29(28)40)27(38-20(2)39)12-10-21-16-30(42-3)32(43-4)33(44-5)31(21)24/h6-9,11,13,16-19,27,36H,10,12,14-15H2,1-5H3,(H,35,41)(H,37,40)(H,38,39). The van der Waals surface area contributed by atoms with Crippen LogP contribution in [-0.2, 0) is 22.4 Å². The molecule has 0 fully saturated rings. The Labute approximate surface area is 256 Å². The van der Waals surface area contributed by atoms with Crippen LogP contribution < -0.4 is 35.6 Å². The highest BCUT2D eigenvalue weighted by atomic mass is 16.5. The number of ether oxygens (including phenoxy) is 3. The highest BCUT2D eigenvalue weighted by molar-refractivity contribution is 5.86. The van der Waals surface area contributed by atoms with Gasteiger partial charge in [-0.05, 0) is 72.7 Å². The van der Waals surface area contributed by atoms with E-state index in [9.17, 15) is 14.4 Å². The van der Waals surface area contributed by atoms with Crippen molar-refractivity contribution >= 4 is 28.4 Å². The molecule has 3 aromatic carbocycles. The maximum Gasteiger partial charge on any atom is 0.242 e. The number of aryl methyl sites for hydroxylation is 1. The normalized spacial score (nSPS) is 14.4. The Bertz CT molecular complexity index is 1770. The summed E-state index contributed by atoms with van der Waals surface area (Å²) in [5.74, 6) is 1.01. The number of nitrogens with one attached hydrogen (secondary N) is 4. The maximum absolute atomic E-state index is 13.6. The number of aromatic amines is 1. The lowest BCUT2D eigenvalue weighted by atomic mass is 9.95. The molecule has 1 aliphatic rings. The van der Waals surface area contributed by atoms with Crippen molar-refractivity contribution in [3.63, 3.8) is 0 Å². The number of benzene rings is 2. The van der Waals surface area contributed by atoms with Gasteiger partial charge in [0.15, 0.2) is 11.5 Å². The van der Waals surface area contributed by atoms with E-state index in [-0.39, 0.29) is 22.9 Å². The van der Waals surface area contributed by atoms with E-state index >= 15 is 0 Å².